The van der Waals surface area contributed by atoms with Gasteiger partial charge in [0.1, 0.15) is 0 Å². The highest BCUT2D eigenvalue weighted by Crippen LogP contribution is 2.21. The Morgan fingerprint density at radius 2 is 2.26 bits per heavy atom. The van der Waals surface area contributed by atoms with Crippen LogP contribution >= 0.6 is 11.3 Å². The number of amides is 1. The number of aryl methyl sites for hydroxylation is 1. The molecule has 0 aliphatic carbocycles. The fourth-order valence-corrected chi connectivity index (χ4v) is 2.28. The van der Waals surface area contributed by atoms with Crippen molar-refractivity contribution in [1.29, 1.82) is 0 Å². The number of aromatic nitrogens is 1. The van der Waals surface area contributed by atoms with E-state index < -0.39 is 0 Å². The Hall–Kier alpha value is -2.08. The number of carbonyl (C=O) groups excluding carboxylic acids is 1. The van der Waals surface area contributed by atoms with Crippen molar-refractivity contribution in [2.24, 2.45) is 0 Å². The van der Waals surface area contributed by atoms with Gasteiger partial charge in [0.15, 0.2) is 0 Å². The van der Waals surface area contributed by atoms with Crippen LogP contribution in [-0.4, -0.2) is 17.9 Å². The Labute approximate surface area is 115 Å². The number of thiazole rings is 1. The van der Waals surface area contributed by atoms with Crippen LogP contribution in [-0.2, 0) is 6.54 Å². The number of nitrogens with zero attached hydrogens (tertiary/aromatic N) is 1. The molecule has 4 N–H and O–H groups in total. The molecule has 0 unspecified atom stereocenters. The summed E-state index contributed by atoms with van der Waals surface area (Å²) in [5.41, 5.74) is 8.78. The molecule has 0 saturated heterocycles. The molecule has 0 atom stereocenters. The van der Waals surface area contributed by atoms with Crippen LogP contribution in [0.15, 0.2) is 23.6 Å². The number of carbonyl (C=O) groups is 1. The molecule has 19 heavy (non-hydrogen) atoms. The fourth-order valence-electron chi connectivity index (χ4n) is 1.67. The molecule has 0 aliphatic heterocycles. The summed E-state index contributed by atoms with van der Waals surface area (Å²) in [4.78, 5) is 15.9. The molecular weight excluding hydrogens is 260 g/mol. The Morgan fingerprint density at radius 1 is 1.47 bits per heavy atom. The third-order valence-corrected chi connectivity index (χ3v) is 3.49. The minimum atomic E-state index is -0.132. The van der Waals surface area contributed by atoms with Crippen LogP contribution in [0.3, 0.4) is 0 Å². The summed E-state index contributed by atoms with van der Waals surface area (Å²) in [7, 11) is 1.60. The largest absolute Gasteiger partial charge is 0.397 e. The monoisotopic (exact) mass is 276 g/mol. The number of nitrogen functional groups attached to an aromatic ring is 1. The zero-order valence-electron chi connectivity index (χ0n) is 10.9. The number of benzene rings is 1. The highest BCUT2D eigenvalue weighted by Gasteiger charge is 2.07. The molecular formula is C13H16N4OS. The van der Waals surface area contributed by atoms with Crippen LogP contribution in [0.4, 0.5) is 11.4 Å². The first-order valence-corrected chi connectivity index (χ1v) is 6.74. The zero-order chi connectivity index (χ0) is 13.8. The van der Waals surface area contributed by atoms with Gasteiger partial charge in [-0.05, 0) is 25.1 Å². The molecule has 6 heteroatoms. The van der Waals surface area contributed by atoms with Crippen molar-refractivity contribution in [2.45, 2.75) is 13.5 Å². The zero-order valence-corrected chi connectivity index (χ0v) is 11.7. The lowest BCUT2D eigenvalue weighted by atomic mass is 10.1. The van der Waals surface area contributed by atoms with Crippen molar-refractivity contribution in [2.75, 3.05) is 18.1 Å². The van der Waals surface area contributed by atoms with Gasteiger partial charge >= 0.3 is 0 Å². The highest BCUT2D eigenvalue weighted by molar-refractivity contribution is 7.09. The van der Waals surface area contributed by atoms with Crippen molar-refractivity contribution in [1.82, 2.24) is 10.3 Å². The van der Waals surface area contributed by atoms with Gasteiger partial charge in [0, 0.05) is 18.0 Å². The van der Waals surface area contributed by atoms with Gasteiger partial charge in [-0.1, -0.05) is 0 Å². The molecule has 0 bridgehead atoms. The summed E-state index contributed by atoms with van der Waals surface area (Å²) in [6.07, 6.45) is 0. The van der Waals surface area contributed by atoms with Crippen LogP contribution in [0.2, 0.25) is 0 Å². The molecule has 5 nitrogen and oxygen atoms in total. The smallest absolute Gasteiger partial charge is 0.251 e. The van der Waals surface area contributed by atoms with Crippen LogP contribution in [0.1, 0.15) is 21.1 Å². The average Bonchev–Trinajstić information content (AvgIpc) is 2.82. The molecule has 2 aromatic rings. The fraction of sp³-hybridized carbons (Fsp3) is 0.231. The van der Waals surface area contributed by atoms with Gasteiger partial charge in [0.25, 0.3) is 5.91 Å². The van der Waals surface area contributed by atoms with E-state index in [9.17, 15) is 4.79 Å². The predicted octanol–water partition coefficient (Wildman–Crippen LogP) is 2.01. The van der Waals surface area contributed by atoms with Gasteiger partial charge in [-0.3, -0.25) is 4.79 Å². The molecule has 2 rings (SSSR count). The van der Waals surface area contributed by atoms with E-state index in [0.717, 1.165) is 16.4 Å². The van der Waals surface area contributed by atoms with Crippen LogP contribution < -0.4 is 16.4 Å². The van der Waals surface area contributed by atoms with Gasteiger partial charge < -0.3 is 16.4 Å². The second kappa shape index (κ2) is 5.71. The SMILES string of the molecule is CNC(=O)c1ccc(N)c(NCc2csc(C)n2)c1. The summed E-state index contributed by atoms with van der Waals surface area (Å²) < 4.78 is 0. The minimum Gasteiger partial charge on any atom is -0.397 e. The average molecular weight is 276 g/mol. The van der Waals surface area contributed by atoms with Gasteiger partial charge in [0.05, 0.1) is 28.6 Å². The molecule has 0 spiro atoms. The standard InChI is InChI=1S/C13H16N4OS/c1-8-17-10(7-19-8)6-16-12-5-9(13(18)15-2)3-4-11(12)14/h3-5,7,16H,6,14H2,1-2H3,(H,15,18). The molecule has 0 aliphatic rings. The summed E-state index contributed by atoms with van der Waals surface area (Å²) >= 11 is 1.61. The Kier molecular flexibility index (Phi) is 4.01. The normalized spacial score (nSPS) is 10.2. The van der Waals surface area contributed by atoms with Crippen molar-refractivity contribution < 1.29 is 4.79 Å². The van der Waals surface area contributed by atoms with Gasteiger partial charge in [-0.15, -0.1) is 11.3 Å². The van der Waals surface area contributed by atoms with Gasteiger partial charge in [-0.2, -0.15) is 0 Å². The van der Waals surface area contributed by atoms with E-state index in [1.807, 2.05) is 12.3 Å². The van der Waals surface area contributed by atoms with Crippen molar-refractivity contribution in [3.63, 3.8) is 0 Å². The van der Waals surface area contributed by atoms with Gasteiger partial charge in [0.2, 0.25) is 0 Å². The number of rotatable bonds is 4. The Morgan fingerprint density at radius 3 is 2.89 bits per heavy atom. The molecule has 0 fully saturated rings. The van der Waals surface area contributed by atoms with E-state index in [1.165, 1.54) is 0 Å². The summed E-state index contributed by atoms with van der Waals surface area (Å²) in [5, 5.41) is 8.82. The van der Waals surface area contributed by atoms with E-state index in [1.54, 1.807) is 36.6 Å². The first-order valence-electron chi connectivity index (χ1n) is 5.86. The lowest BCUT2D eigenvalue weighted by Crippen LogP contribution is -2.18. The lowest BCUT2D eigenvalue weighted by Gasteiger charge is -2.10. The number of anilines is 2. The van der Waals surface area contributed by atoms with Crippen LogP contribution in [0.5, 0.6) is 0 Å². The number of hydrogen-bond donors (Lipinski definition) is 3. The summed E-state index contributed by atoms with van der Waals surface area (Å²) in [6.45, 7) is 2.56. The maximum atomic E-state index is 11.6. The number of nitrogens with two attached hydrogens (primary N) is 1. The van der Waals surface area contributed by atoms with Crippen LogP contribution in [0, 0.1) is 6.92 Å². The summed E-state index contributed by atoms with van der Waals surface area (Å²) in [6, 6.07) is 5.17. The van der Waals surface area contributed by atoms with E-state index in [2.05, 4.69) is 15.6 Å². The summed E-state index contributed by atoms with van der Waals surface area (Å²) in [5.74, 6) is -0.132. The number of nitrogens with one attached hydrogen (secondary N) is 2. The Bertz CT molecular complexity index is 594. The van der Waals surface area contributed by atoms with E-state index in [4.69, 9.17) is 5.73 Å². The van der Waals surface area contributed by atoms with Crippen molar-refractivity contribution in [3.8, 4) is 0 Å². The number of hydrogen-bond acceptors (Lipinski definition) is 5. The second-order valence-electron chi connectivity index (χ2n) is 4.09. The molecule has 1 aromatic carbocycles. The second-order valence-corrected chi connectivity index (χ2v) is 5.15. The topological polar surface area (TPSA) is 80.0 Å². The molecule has 100 valence electrons. The lowest BCUT2D eigenvalue weighted by molar-refractivity contribution is 0.0963. The molecule has 1 heterocycles. The molecule has 1 amide bonds. The van der Waals surface area contributed by atoms with Crippen molar-refractivity contribution >= 4 is 28.6 Å². The third kappa shape index (κ3) is 3.23. The minimum absolute atomic E-state index is 0.132. The highest BCUT2D eigenvalue weighted by atomic mass is 32.1. The van der Waals surface area contributed by atoms with Crippen LogP contribution in [0.25, 0.3) is 0 Å². The quantitative estimate of drug-likeness (QED) is 0.746. The predicted molar refractivity (Wildman–Crippen MR) is 78.4 cm³/mol. The molecule has 0 saturated carbocycles. The molecule has 0 radical (unpaired) electrons. The van der Waals surface area contributed by atoms with Gasteiger partial charge in [-0.25, -0.2) is 4.98 Å². The Balaban J connectivity index is 2.12. The maximum absolute atomic E-state index is 11.6. The maximum Gasteiger partial charge on any atom is 0.251 e. The first-order chi connectivity index (χ1) is 9.10. The third-order valence-electron chi connectivity index (χ3n) is 2.67. The van der Waals surface area contributed by atoms with E-state index >= 15 is 0 Å². The first kappa shape index (κ1) is 13.4. The van der Waals surface area contributed by atoms with E-state index in [0.29, 0.717) is 17.8 Å². The molecule has 1 aromatic heterocycles. The van der Waals surface area contributed by atoms with E-state index in [-0.39, 0.29) is 5.91 Å². The van der Waals surface area contributed by atoms with Crippen molar-refractivity contribution in [3.05, 3.63) is 39.8 Å².